The van der Waals surface area contributed by atoms with Crippen LogP contribution >= 0.6 is 0 Å². The largest absolute Gasteiger partial charge is 0.512 e. The number of carbonyl (C=O) groups excluding carboxylic acids is 1. The minimum absolute atomic E-state index is 0. The molecular weight excluding hydrogens is 528 g/mol. The summed E-state index contributed by atoms with van der Waals surface area (Å²) in [5.41, 5.74) is 2.59. The summed E-state index contributed by atoms with van der Waals surface area (Å²) in [6.45, 7) is 15.2. The minimum Gasteiger partial charge on any atom is -0.512 e. The van der Waals surface area contributed by atoms with Crippen molar-refractivity contribution in [3.05, 3.63) is 59.6 Å². The van der Waals surface area contributed by atoms with Crippen molar-refractivity contribution in [2.24, 2.45) is 10.8 Å². The molecule has 0 bridgehead atoms. The average molecular weight is 560 g/mol. The van der Waals surface area contributed by atoms with E-state index in [0.29, 0.717) is 0 Å². The maximum atomic E-state index is 11.5. The van der Waals surface area contributed by atoms with Crippen molar-refractivity contribution in [1.82, 2.24) is 9.97 Å². The van der Waals surface area contributed by atoms with Crippen molar-refractivity contribution in [2.45, 2.75) is 55.4 Å². The van der Waals surface area contributed by atoms with Gasteiger partial charge < -0.3 is 5.11 Å². The van der Waals surface area contributed by atoms with E-state index in [2.05, 4.69) is 35.9 Å². The zero-order valence-corrected chi connectivity index (χ0v) is 20.4. The maximum Gasteiger partial charge on any atom is 0.164 e. The molecule has 2 rings (SSSR count). The molecule has 0 aliphatic rings. The molecule has 1 heterocycles. The van der Waals surface area contributed by atoms with Gasteiger partial charge in [0.15, 0.2) is 5.78 Å². The number of benzene rings is 1. The van der Waals surface area contributed by atoms with Crippen molar-refractivity contribution in [3.63, 3.8) is 0 Å². The van der Waals surface area contributed by atoms with Crippen LogP contribution in [-0.2, 0) is 24.9 Å². The van der Waals surface area contributed by atoms with E-state index in [9.17, 15) is 9.90 Å². The summed E-state index contributed by atoms with van der Waals surface area (Å²) >= 11 is 0. The van der Waals surface area contributed by atoms with E-state index in [1.807, 2.05) is 53.7 Å². The molecule has 0 saturated heterocycles. The van der Waals surface area contributed by atoms with Gasteiger partial charge in [-0.05, 0) is 6.07 Å². The summed E-state index contributed by atoms with van der Waals surface area (Å²) < 4.78 is 0. The minimum atomic E-state index is -0.417. The third-order valence-corrected chi connectivity index (χ3v) is 3.85. The van der Waals surface area contributed by atoms with Crippen molar-refractivity contribution in [2.75, 3.05) is 0 Å². The van der Waals surface area contributed by atoms with E-state index in [-0.39, 0.29) is 37.1 Å². The Morgan fingerprint density at radius 2 is 1.57 bits per heavy atom. The second kappa shape index (κ2) is 10.6. The fourth-order valence-corrected chi connectivity index (χ4v) is 1.98. The molecule has 28 heavy (non-hydrogen) atoms. The van der Waals surface area contributed by atoms with Gasteiger partial charge in [-0.25, -0.2) is 0 Å². The van der Waals surface area contributed by atoms with Crippen LogP contribution in [0.3, 0.4) is 0 Å². The van der Waals surface area contributed by atoms with Crippen LogP contribution in [0.2, 0.25) is 0 Å². The van der Waals surface area contributed by atoms with Crippen molar-refractivity contribution in [1.29, 1.82) is 0 Å². The van der Waals surface area contributed by atoms with Gasteiger partial charge in [-0.3, -0.25) is 14.8 Å². The smallest absolute Gasteiger partial charge is 0.164 e. The zero-order valence-electron chi connectivity index (χ0n) is 18.0. The first-order valence-electron chi connectivity index (χ1n) is 9.04. The summed E-state index contributed by atoms with van der Waals surface area (Å²) in [5, 5.41) is 9.56. The third-order valence-electron chi connectivity index (χ3n) is 3.85. The number of carbonyl (C=O) groups is 1. The molecular formula is C23H31IrN2O2-. The molecule has 0 fully saturated rings. The Morgan fingerprint density at radius 3 is 2.00 bits per heavy atom. The first kappa shape index (κ1) is 26.2. The van der Waals surface area contributed by atoms with Gasteiger partial charge in [0.25, 0.3) is 0 Å². The van der Waals surface area contributed by atoms with Crippen molar-refractivity contribution in [3.8, 4) is 11.4 Å². The first-order valence-corrected chi connectivity index (χ1v) is 9.04. The molecule has 0 aliphatic carbocycles. The average Bonchev–Trinajstić information content (AvgIpc) is 2.54. The molecule has 1 radical (unpaired) electrons. The summed E-state index contributed by atoms with van der Waals surface area (Å²) in [6, 6.07) is 9.08. The van der Waals surface area contributed by atoms with Crippen LogP contribution in [-0.4, -0.2) is 20.9 Å². The number of aliphatic hydroxyl groups excluding tert-OH is 1. The van der Waals surface area contributed by atoms with Gasteiger partial charge in [0.2, 0.25) is 0 Å². The first-order chi connectivity index (χ1) is 12.3. The van der Waals surface area contributed by atoms with E-state index in [1.54, 1.807) is 12.4 Å². The Hall–Kier alpha value is -1.84. The van der Waals surface area contributed by atoms with Crippen LogP contribution in [0.5, 0.6) is 0 Å². The van der Waals surface area contributed by atoms with Crippen LogP contribution in [0.4, 0.5) is 0 Å². The summed E-state index contributed by atoms with van der Waals surface area (Å²) in [7, 11) is 0. The number of aliphatic hydroxyl groups is 1. The molecule has 0 spiro atoms. The van der Waals surface area contributed by atoms with E-state index >= 15 is 0 Å². The van der Waals surface area contributed by atoms with E-state index in [0.717, 1.165) is 17.0 Å². The molecule has 1 aromatic carbocycles. The van der Waals surface area contributed by atoms with Crippen molar-refractivity contribution >= 4 is 5.78 Å². The predicted molar refractivity (Wildman–Crippen MR) is 110 cm³/mol. The fourth-order valence-electron chi connectivity index (χ4n) is 1.98. The van der Waals surface area contributed by atoms with E-state index in [1.165, 1.54) is 11.6 Å². The Balaban J connectivity index is 0.000000505. The molecule has 1 aromatic heterocycles. The van der Waals surface area contributed by atoms with Crippen LogP contribution in [0, 0.1) is 30.7 Å². The summed E-state index contributed by atoms with van der Waals surface area (Å²) in [6.07, 6.45) is 4.82. The number of hydrogen-bond acceptors (Lipinski definition) is 4. The molecule has 0 atom stereocenters. The monoisotopic (exact) mass is 560 g/mol. The van der Waals surface area contributed by atoms with Crippen LogP contribution in [0.15, 0.2) is 42.4 Å². The molecule has 1 N–H and O–H groups in total. The predicted octanol–water partition coefficient (Wildman–Crippen LogP) is 5.65. The Kier molecular flexibility index (Phi) is 9.94. The third kappa shape index (κ3) is 8.45. The summed E-state index contributed by atoms with van der Waals surface area (Å²) in [4.78, 5) is 19.9. The number of aryl methyl sites for hydroxylation is 2. The van der Waals surface area contributed by atoms with Gasteiger partial charge in [0.1, 0.15) is 5.76 Å². The van der Waals surface area contributed by atoms with E-state index in [4.69, 9.17) is 0 Å². The van der Waals surface area contributed by atoms with Gasteiger partial charge in [0.05, 0.1) is 5.82 Å². The molecule has 2 aromatic rings. The van der Waals surface area contributed by atoms with E-state index < -0.39 is 5.41 Å². The topological polar surface area (TPSA) is 63.1 Å². The normalized spacial score (nSPS) is 11.8. The standard InChI is InChI=1S/C12H11N2.C11H20O2.Ir/c1-9-4-5-11(10(2)8-9)12-13-6-3-7-14-12;1-10(2,3)8(12)7-9(13)11(4,5)6;/h3-4,6-8H,1-2H3;7,12H,1-6H3;/q-1;;/b;8-7-;. The number of nitrogens with zero attached hydrogens (tertiary/aromatic N) is 2. The van der Waals surface area contributed by atoms with Gasteiger partial charge in [-0.1, -0.05) is 55.4 Å². The molecule has 0 aliphatic heterocycles. The van der Waals surface area contributed by atoms with Gasteiger partial charge in [-0.2, -0.15) is 0 Å². The molecule has 155 valence electrons. The van der Waals surface area contributed by atoms with Crippen LogP contribution in [0.25, 0.3) is 11.4 Å². The molecule has 0 unspecified atom stereocenters. The molecule has 4 nitrogen and oxygen atoms in total. The molecule has 0 amide bonds. The molecule has 5 heteroatoms. The van der Waals surface area contributed by atoms with Crippen LogP contribution in [0.1, 0.15) is 52.7 Å². The second-order valence-corrected chi connectivity index (χ2v) is 8.70. The van der Waals surface area contributed by atoms with Crippen molar-refractivity contribution < 1.29 is 30.0 Å². The zero-order chi connectivity index (χ0) is 20.8. The number of ketones is 1. The number of hydrogen-bond donors (Lipinski definition) is 1. The number of rotatable bonds is 2. The second-order valence-electron chi connectivity index (χ2n) is 8.70. The van der Waals surface area contributed by atoms with Gasteiger partial charge in [0, 0.05) is 49.4 Å². The quantitative estimate of drug-likeness (QED) is 0.294. The number of aromatic nitrogens is 2. The Morgan fingerprint density at radius 1 is 1.04 bits per heavy atom. The van der Waals surface area contributed by atoms with Crippen LogP contribution < -0.4 is 0 Å². The fraction of sp³-hybridized carbons (Fsp3) is 0.435. The summed E-state index contributed by atoms with van der Waals surface area (Å²) in [5.74, 6) is 0.845. The number of allylic oxidation sites excluding steroid dienone is 2. The molecule has 0 saturated carbocycles. The Labute approximate surface area is 182 Å². The maximum absolute atomic E-state index is 11.5. The van der Waals surface area contributed by atoms with Gasteiger partial charge in [-0.15, -0.1) is 34.9 Å². The van der Waals surface area contributed by atoms with Gasteiger partial charge >= 0.3 is 0 Å². The Bertz CT molecular complexity index is 802. The SMILES string of the molecule is CC(C)(C)C(=O)/C=C(\O)C(C)(C)C.Cc1c[c-]c(-c2ncccn2)c(C)c1.[Ir].